The summed E-state index contributed by atoms with van der Waals surface area (Å²) in [6.45, 7) is -0.293. The molecule has 3 heterocycles. The van der Waals surface area contributed by atoms with Crippen molar-refractivity contribution in [1.82, 2.24) is 19.8 Å². The number of nitrogens with zero attached hydrogens (tertiary/aromatic N) is 4. The number of benzene rings is 2. The maximum Gasteiger partial charge on any atom is 0.270 e. The molecule has 4 aromatic rings. The second-order valence-corrected chi connectivity index (χ2v) is 12.0. The van der Waals surface area contributed by atoms with Crippen LogP contribution in [0.2, 0.25) is 0 Å². The zero-order valence-corrected chi connectivity index (χ0v) is 27.7. The number of aromatic nitrogens is 2. The van der Waals surface area contributed by atoms with Gasteiger partial charge in [-0.15, -0.1) is 0 Å². The van der Waals surface area contributed by atoms with E-state index in [1.807, 2.05) is 0 Å². The van der Waals surface area contributed by atoms with Crippen LogP contribution in [0.15, 0.2) is 88.9 Å². The summed E-state index contributed by atoms with van der Waals surface area (Å²) in [5.41, 5.74) is 0.935. The van der Waals surface area contributed by atoms with Gasteiger partial charge < -0.3 is 19.5 Å². The lowest BCUT2D eigenvalue weighted by Crippen LogP contribution is -2.42. The monoisotopic (exact) mass is 703 g/mol. The highest BCUT2D eigenvalue weighted by Crippen LogP contribution is 2.38. The summed E-state index contributed by atoms with van der Waals surface area (Å²) >= 11 is 0. The zero-order chi connectivity index (χ0) is 36.7. The molecule has 0 saturated carbocycles. The average molecular weight is 704 g/mol. The second-order valence-electron chi connectivity index (χ2n) is 12.0. The minimum absolute atomic E-state index is 0.00426. The van der Waals surface area contributed by atoms with Gasteiger partial charge in [-0.3, -0.25) is 24.2 Å². The van der Waals surface area contributed by atoms with Gasteiger partial charge in [0.25, 0.3) is 11.5 Å². The van der Waals surface area contributed by atoms with Gasteiger partial charge in [-0.05, 0) is 60.9 Å². The fourth-order valence-electron chi connectivity index (χ4n) is 5.31. The van der Waals surface area contributed by atoms with Crippen LogP contribution in [0.3, 0.4) is 0 Å². The van der Waals surface area contributed by atoms with Gasteiger partial charge in [0.05, 0.1) is 18.8 Å². The van der Waals surface area contributed by atoms with E-state index < -0.39 is 46.6 Å². The van der Waals surface area contributed by atoms with Gasteiger partial charge >= 0.3 is 0 Å². The molecule has 2 aromatic carbocycles. The second kappa shape index (κ2) is 16.2. The molecule has 51 heavy (non-hydrogen) atoms. The van der Waals surface area contributed by atoms with Crippen LogP contribution in [0.4, 0.5) is 23.2 Å². The lowest BCUT2D eigenvalue weighted by atomic mass is 10.00. The Hall–Kier alpha value is -5.92. The molecule has 2 amide bonds. The first kappa shape index (κ1) is 36.4. The number of ether oxygens (including phenoxy) is 1. The van der Waals surface area contributed by atoms with Crippen LogP contribution in [-0.4, -0.2) is 57.9 Å². The van der Waals surface area contributed by atoms with Crippen molar-refractivity contribution < 1.29 is 36.7 Å². The van der Waals surface area contributed by atoms with Crippen molar-refractivity contribution in [3.63, 3.8) is 0 Å². The third-order valence-corrected chi connectivity index (χ3v) is 7.98. The molecule has 0 bridgehead atoms. The Labute approximate surface area is 290 Å². The highest BCUT2D eigenvalue weighted by atomic mass is 19.1. The number of pyridine rings is 2. The van der Waals surface area contributed by atoms with Crippen LogP contribution in [0.25, 0.3) is 0 Å². The van der Waals surface area contributed by atoms with Crippen molar-refractivity contribution >= 4 is 29.0 Å². The summed E-state index contributed by atoms with van der Waals surface area (Å²) < 4.78 is 62.3. The Kier molecular flexibility index (Phi) is 11.5. The topological polar surface area (TPSA) is 123 Å². The number of hydrogen-bond acceptors (Lipinski definition) is 7. The molecular weight excluding hydrogens is 670 g/mol. The summed E-state index contributed by atoms with van der Waals surface area (Å²) in [5.74, 6) is -4.18. The first-order valence-corrected chi connectivity index (χ1v) is 15.8. The van der Waals surface area contributed by atoms with Gasteiger partial charge in [-0.1, -0.05) is 12.1 Å². The number of allylic oxidation sites excluding steroid dienone is 1. The number of halogens is 4. The highest BCUT2D eigenvalue weighted by molar-refractivity contribution is 5.97. The van der Waals surface area contributed by atoms with Gasteiger partial charge in [0.1, 0.15) is 47.0 Å². The Balaban J connectivity index is 1.30. The Bertz CT molecular complexity index is 2080. The van der Waals surface area contributed by atoms with Crippen LogP contribution >= 0.6 is 0 Å². The summed E-state index contributed by atoms with van der Waals surface area (Å²) in [5, 5.41) is 2.61. The quantitative estimate of drug-likeness (QED) is 0.145. The summed E-state index contributed by atoms with van der Waals surface area (Å²) in [7, 11) is 3.18. The van der Waals surface area contributed by atoms with Crippen LogP contribution < -0.4 is 15.6 Å². The number of ketones is 1. The van der Waals surface area contributed by atoms with Gasteiger partial charge in [-0.25, -0.2) is 22.5 Å². The summed E-state index contributed by atoms with van der Waals surface area (Å²) in [6, 6.07) is 9.69. The Morgan fingerprint density at radius 2 is 1.78 bits per heavy atom. The van der Waals surface area contributed by atoms with E-state index in [1.54, 1.807) is 26.2 Å². The number of rotatable bonds is 14. The molecule has 1 atom stereocenters. The minimum atomic E-state index is -1.07. The van der Waals surface area contributed by atoms with Crippen LogP contribution in [-0.2, 0) is 35.6 Å². The lowest BCUT2D eigenvalue weighted by molar-refractivity contribution is -0.123. The highest BCUT2D eigenvalue weighted by Gasteiger charge is 2.25. The van der Waals surface area contributed by atoms with E-state index in [-0.39, 0.29) is 67.3 Å². The number of amides is 2. The van der Waals surface area contributed by atoms with Crippen molar-refractivity contribution in [3.8, 4) is 5.75 Å². The third kappa shape index (κ3) is 9.41. The fraction of sp³-hybridized carbons (Fsp3) is 0.243. The number of fused-ring (bicyclic) bond motifs is 1. The molecule has 1 aliphatic heterocycles. The molecule has 14 heteroatoms. The van der Waals surface area contributed by atoms with E-state index in [4.69, 9.17) is 4.74 Å². The van der Waals surface area contributed by atoms with Crippen molar-refractivity contribution in [1.29, 1.82) is 0 Å². The molecule has 1 N–H and O–H groups in total. The fourth-order valence-corrected chi connectivity index (χ4v) is 5.31. The number of carbonyl (C=O) groups excluding carboxylic acids is 3. The number of likely N-dealkylation sites (N-methyl/N-ethyl adjacent to an activating group) is 1. The van der Waals surface area contributed by atoms with Crippen LogP contribution in [0, 0.1) is 23.3 Å². The van der Waals surface area contributed by atoms with Crippen molar-refractivity contribution in [3.05, 3.63) is 135 Å². The van der Waals surface area contributed by atoms with E-state index in [0.29, 0.717) is 17.0 Å². The first-order valence-electron chi connectivity index (χ1n) is 15.8. The molecule has 5 rings (SSSR count). The number of nitrogens with one attached hydrogen (secondary N) is 1. The average Bonchev–Trinajstić information content (AvgIpc) is 3.49. The normalized spacial score (nSPS) is 12.7. The third-order valence-electron chi connectivity index (χ3n) is 7.98. The van der Waals surface area contributed by atoms with Crippen molar-refractivity contribution in [2.24, 2.45) is 4.99 Å². The molecule has 2 aromatic heterocycles. The summed E-state index contributed by atoms with van der Waals surface area (Å²) in [4.78, 5) is 61.6. The van der Waals surface area contributed by atoms with Crippen LogP contribution in [0.5, 0.6) is 5.75 Å². The molecule has 0 fully saturated rings. The van der Waals surface area contributed by atoms with E-state index in [1.165, 1.54) is 46.0 Å². The van der Waals surface area contributed by atoms with Crippen molar-refractivity contribution in [2.45, 2.75) is 44.9 Å². The number of Topliss-reactive ketones (excluding diaryl/α,β-unsaturated/α-hetero) is 1. The number of aliphatic imine (C=N–C) groups is 1. The molecule has 0 saturated heterocycles. The molecule has 0 aliphatic carbocycles. The zero-order valence-electron chi connectivity index (χ0n) is 27.7. The van der Waals surface area contributed by atoms with E-state index in [2.05, 4.69) is 15.3 Å². The first-order chi connectivity index (χ1) is 24.4. The maximum atomic E-state index is 14.5. The van der Waals surface area contributed by atoms with Gasteiger partial charge in [0.2, 0.25) is 5.91 Å². The molecule has 0 unspecified atom stereocenters. The Morgan fingerprint density at radius 1 is 1.00 bits per heavy atom. The predicted octanol–water partition coefficient (Wildman–Crippen LogP) is 5.04. The molecular formula is C37H33F4N5O5. The standard InChI is InChI=1S/C37H33F4N5O5/c1-45(2)34(48)8-4-3-7-30(44-36(49)31-12-11-26(39)19-42-31)32(47)16-22-6-5-13-46(37(22)50)20-28-15-24-14-27(40)18-33(35(24)43-28)51-21-23-9-10-25(38)17-29(23)41/h4-6,8-14,17-19,30H,3,7,15-16,20-21H2,1-2H3,(H,44,49)/b8-4+/t30-/m0/s1. The van der Waals surface area contributed by atoms with E-state index >= 15 is 0 Å². The molecule has 10 nitrogen and oxygen atoms in total. The lowest BCUT2D eigenvalue weighted by Gasteiger charge is -2.17. The van der Waals surface area contributed by atoms with E-state index in [9.17, 15) is 36.7 Å². The van der Waals surface area contributed by atoms with Gasteiger partial charge in [0.15, 0.2) is 5.78 Å². The molecule has 0 radical (unpaired) electrons. The molecule has 1 aliphatic rings. The molecule has 0 spiro atoms. The van der Waals surface area contributed by atoms with Gasteiger partial charge in [-0.2, -0.15) is 0 Å². The maximum absolute atomic E-state index is 14.5. The minimum Gasteiger partial charge on any atom is -0.486 e. The summed E-state index contributed by atoms with van der Waals surface area (Å²) in [6.07, 6.45) is 5.52. The van der Waals surface area contributed by atoms with E-state index in [0.717, 1.165) is 30.5 Å². The SMILES string of the molecule is CN(C)C(=O)/C=C/CC[C@H](NC(=O)c1ccc(F)cn1)C(=O)Cc1cccn(CC2=Nc3c(cc(F)cc3OCc3ccc(F)cc3F)C2)c1=O. The Morgan fingerprint density at radius 3 is 2.51 bits per heavy atom. The number of carbonyl (C=O) groups is 3. The van der Waals surface area contributed by atoms with Crippen molar-refractivity contribution in [2.75, 3.05) is 14.1 Å². The molecule has 264 valence electrons. The predicted molar refractivity (Wildman–Crippen MR) is 180 cm³/mol. The number of hydrogen-bond donors (Lipinski definition) is 1. The van der Waals surface area contributed by atoms with Crippen LogP contribution in [0.1, 0.15) is 40.0 Å². The van der Waals surface area contributed by atoms with Gasteiger partial charge in [0, 0.05) is 62.1 Å². The smallest absolute Gasteiger partial charge is 0.270 e. The largest absolute Gasteiger partial charge is 0.486 e.